The number of benzene rings is 2. The first-order valence-electron chi connectivity index (χ1n) is 9.97. The van der Waals surface area contributed by atoms with Crippen LogP contribution in [0.15, 0.2) is 54.6 Å². The van der Waals surface area contributed by atoms with Crippen molar-refractivity contribution in [3.8, 4) is 0 Å². The first-order chi connectivity index (χ1) is 12.6. The highest BCUT2D eigenvalue weighted by atomic mass is 16.2. The minimum absolute atomic E-state index is 0.260. The Morgan fingerprint density at radius 3 is 2.38 bits per heavy atom. The molecule has 5 rings (SSSR count). The molecule has 1 aliphatic carbocycles. The fourth-order valence-corrected chi connectivity index (χ4v) is 5.78. The van der Waals surface area contributed by atoms with Crippen LogP contribution in [-0.4, -0.2) is 40.9 Å². The molecule has 4 heteroatoms. The van der Waals surface area contributed by atoms with E-state index in [1.807, 2.05) is 6.82 Å². The molecule has 2 aromatic rings. The van der Waals surface area contributed by atoms with Crippen molar-refractivity contribution in [3.63, 3.8) is 0 Å². The molecule has 0 saturated carbocycles. The van der Waals surface area contributed by atoms with Gasteiger partial charge in [0.05, 0.1) is 6.04 Å². The van der Waals surface area contributed by atoms with E-state index in [9.17, 15) is 5.02 Å². The van der Waals surface area contributed by atoms with Crippen molar-refractivity contribution in [1.29, 1.82) is 0 Å². The van der Waals surface area contributed by atoms with E-state index in [2.05, 4.69) is 71.2 Å². The normalized spacial score (nSPS) is 29.9. The number of piperidine rings is 1. The van der Waals surface area contributed by atoms with Crippen LogP contribution in [0.1, 0.15) is 48.5 Å². The van der Waals surface area contributed by atoms with Gasteiger partial charge >= 0.3 is 7.05 Å². The standard InChI is InChI=1S/C22H27BN2O/c1-16(17-8-4-3-5-9-17)25-20-18-10-6-7-11-19(18)22(21(20)25)12-14-24(15-13-22)23(2)26/h3-11,16,20-21,26H,12-15H2,1-2H3/t16-,20+,21+,25+/m0/s1. The van der Waals surface area contributed by atoms with Gasteiger partial charge in [-0.25, -0.2) is 0 Å². The third kappa shape index (κ3) is 2.25. The summed E-state index contributed by atoms with van der Waals surface area (Å²) in [4.78, 5) is 4.95. The van der Waals surface area contributed by atoms with Gasteiger partial charge in [-0.2, -0.15) is 0 Å². The highest BCUT2D eigenvalue weighted by molar-refractivity contribution is 6.45. The van der Waals surface area contributed by atoms with E-state index in [1.54, 1.807) is 11.1 Å². The van der Waals surface area contributed by atoms with Crippen LogP contribution in [0.3, 0.4) is 0 Å². The maximum atomic E-state index is 9.98. The van der Waals surface area contributed by atoms with Crippen LogP contribution < -0.4 is 0 Å². The van der Waals surface area contributed by atoms with Gasteiger partial charge in [-0.15, -0.1) is 0 Å². The van der Waals surface area contributed by atoms with Gasteiger partial charge in [0, 0.05) is 17.5 Å². The van der Waals surface area contributed by atoms with Crippen LogP contribution in [0.4, 0.5) is 0 Å². The van der Waals surface area contributed by atoms with Crippen molar-refractivity contribution >= 4 is 7.05 Å². The van der Waals surface area contributed by atoms with Crippen LogP contribution >= 0.6 is 0 Å². The largest absolute Gasteiger partial charge is 0.437 e. The Bertz CT molecular complexity index is 801. The molecule has 2 heterocycles. The zero-order valence-corrected chi connectivity index (χ0v) is 15.7. The number of hydrogen-bond donors (Lipinski definition) is 1. The Morgan fingerprint density at radius 2 is 1.69 bits per heavy atom. The molecule has 0 amide bonds. The van der Waals surface area contributed by atoms with E-state index >= 15 is 0 Å². The maximum absolute atomic E-state index is 9.98. The Balaban J connectivity index is 1.49. The zero-order chi connectivity index (χ0) is 17.9. The molecule has 0 unspecified atom stereocenters. The fourth-order valence-electron chi connectivity index (χ4n) is 5.78. The van der Waals surface area contributed by atoms with E-state index in [1.165, 1.54) is 5.56 Å². The molecule has 1 spiro atoms. The average Bonchev–Trinajstić information content (AvgIpc) is 3.38. The summed E-state index contributed by atoms with van der Waals surface area (Å²) in [6.07, 6.45) is 2.29. The van der Waals surface area contributed by atoms with Crippen molar-refractivity contribution in [2.75, 3.05) is 13.1 Å². The summed E-state index contributed by atoms with van der Waals surface area (Å²) in [7, 11) is -0.335. The van der Waals surface area contributed by atoms with Crippen molar-refractivity contribution in [2.45, 2.75) is 50.1 Å². The lowest BCUT2D eigenvalue weighted by Crippen LogP contribution is -2.50. The maximum Gasteiger partial charge on any atom is 0.376 e. The molecule has 0 bridgehead atoms. The van der Waals surface area contributed by atoms with Gasteiger partial charge in [-0.05, 0) is 56.4 Å². The number of nitrogens with zero attached hydrogens (tertiary/aromatic N) is 2. The van der Waals surface area contributed by atoms with E-state index in [0.29, 0.717) is 18.1 Å². The molecule has 4 atom stereocenters. The molecule has 134 valence electrons. The number of hydrogen-bond acceptors (Lipinski definition) is 3. The minimum atomic E-state index is -0.335. The van der Waals surface area contributed by atoms with Crippen molar-refractivity contribution < 1.29 is 5.02 Å². The second-order valence-corrected chi connectivity index (χ2v) is 8.33. The quantitative estimate of drug-likeness (QED) is 0.679. The molecule has 3 aliphatic rings. The average molecular weight is 346 g/mol. The third-order valence-electron chi connectivity index (χ3n) is 7.18. The van der Waals surface area contributed by atoms with E-state index in [-0.39, 0.29) is 12.5 Å². The Kier molecular flexibility index (Phi) is 3.79. The van der Waals surface area contributed by atoms with Gasteiger partial charge in [0.25, 0.3) is 0 Å². The molecular weight excluding hydrogens is 319 g/mol. The third-order valence-corrected chi connectivity index (χ3v) is 7.18. The summed E-state index contributed by atoms with van der Waals surface area (Å²) in [6.45, 7) is 6.23. The number of rotatable bonds is 3. The highest BCUT2D eigenvalue weighted by Crippen LogP contribution is 2.66. The first-order valence-corrected chi connectivity index (χ1v) is 9.97. The van der Waals surface area contributed by atoms with Crippen LogP contribution in [0.2, 0.25) is 6.82 Å². The van der Waals surface area contributed by atoms with Gasteiger partial charge in [0.15, 0.2) is 0 Å². The van der Waals surface area contributed by atoms with Crippen molar-refractivity contribution in [2.24, 2.45) is 0 Å². The SMILES string of the molecule is CB(O)N1CCC2(CC1)c1ccccc1[C@@H]1[C@H]2[N@]1[C@@H](C)c1ccccc1. The summed E-state index contributed by atoms with van der Waals surface area (Å²) in [5.41, 5.74) is 4.80. The summed E-state index contributed by atoms with van der Waals surface area (Å²) >= 11 is 0. The molecule has 3 nitrogen and oxygen atoms in total. The van der Waals surface area contributed by atoms with Gasteiger partial charge < -0.3 is 9.83 Å². The van der Waals surface area contributed by atoms with Crippen molar-refractivity contribution in [3.05, 3.63) is 71.3 Å². The summed E-state index contributed by atoms with van der Waals surface area (Å²) in [6, 6.07) is 21.7. The monoisotopic (exact) mass is 346 g/mol. The lowest BCUT2D eigenvalue weighted by atomic mass is 9.69. The molecule has 2 fully saturated rings. The Labute approximate surface area is 156 Å². The van der Waals surface area contributed by atoms with Crippen LogP contribution in [-0.2, 0) is 5.41 Å². The molecule has 0 radical (unpaired) electrons. The van der Waals surface area contributed by atoms with Crippen LogP contribution in [0.25, 0.3) is 0 Å². The van der Waals surface area contributed by atoms with Gasteiger partial charge in [-0.3, -0.25) is 4.90 Å². The lowest BCUT2D eigenvalue weighted by Gasteiger charge is -2.43. The molecule has 26 heavy (non-hydrogen) atoms. The molecule has 2 aromatic carbocycles. The second-order valence-electron chi connectivity index (χ2n) is 8.33. The van der Waals surface area contributed by atoms with E-state index in [0.717, 1.165) is 25.9 Å². The highest BCUT2D eigenvalue weighted by Gasteiger charge is 2.67. The first kappa shape index (κ1) is 16.6. The molecule has 2 saturated heterocycles. The predicted octanol–water partition coefficient (Wildman–Crippen LogP) is 3.63. The van der Waals surface area contributed by atoms with Gasteiger partial charge in [-0.1, -0.05) is 54.6 Å². The fraction of sp³-hybridized carbons (Fsp3) is 0.455. The number of fused-ring (bicyclic) bond motifs is 5. The zero-order valence-electron chi connectivity index (χ0n) is 15.7. The van der Waals surface area contributed by atoms with Crippen LogP contribution in [0, 0.1) is 0 Å². The Morgan fingerprint density at radius 1 is 1.04 bits per heavy atom. The van der Waals surface area contributed by atoms with Gasteiger partial charge in [0.1, 0.15) is 0 Å². The lowest BCUT2D eigenvalue weighted by molar-refractivity contribution is 0.186. The molecule has 0 aromatic heterocycles. The second kappa shape index (κ2) is 5.95. The summed E-state index contributed by atoms with van der Waals surface area (Å²) in [5.74, 6) is 0. The summed E-state index contributed by atoms with van der Waals surface area (Å²) in [5, 5.41) is 9.98. The topological polar surface area (TPSA) is 26.5 Å². The van der Waals surface area contributed by atoms with Crippen molar-refractivity contribution in [1.82, 2.24) is 9.71 Å². The van der Waals surface area contributed by atoms with E-state index in [4.69, 9.17) is 0 Å². The van der Waals surface area contributed by atoms with Crippen LogP contribution in [0.5, 0.6) is 0 Å². The molecule has 2 aliphatic heterocycles. The van der Waals surface area contributed by atoms with Gasteiger partial charge in [0.2, 0.25) is 0 Å². The summed E-state index contributed by atoms with van der Waals surface area (Å²) < 4.78 is 0. The molecular formula is C22H27BN2O. The molecule has 1 N–H and O–H groups in total. The van der Waals surface area contributed by atoms with E-state index < -0.39 is 0 Å². The minimum Gasteiger partial charge on any atom is -0.437 e. The predicted molar refractivity (Wildman–Crippen MR) is 106 cm³/mol. The Hall–Kier alpha value is -1.62. The smallest absolute Gasteiger partial charge is 0.376 e.